The monoisotopic (exact) mass is 390 g/mol. The number of carbonyl (C=O) groups excluding carboxylic acids is 1. The first kappa shape index (κ1) is 18.2. The lowest BCUT2D eigenvalue weighted by molar-refractivity contribution is 0.102. The first-order valence-electron chi connectivity index (χ1n) is 8.97. The Kier molecular flexibility index (Phi) is 4.84. The number of rotatable bonds is 4. The lowest BCUT2D eigenvalue weighted by Gasteiger charge is -2.09. The summed E-state index contributed by atoms with van der Waals surface area (Å²) >= 11 is 6.19. The maximum Gasteiger partial charge on any atom is 0.256 e. The van der Waals surface area contributed by atoms with Gasteiger partial charge in [-0.15, -0.1) is 0 Å². The van der Waals surface area contributed by atoms with Crippen LogP contribution in [0.2, 0.25) is 5.02 Å². The summed E-state index contributed by atoms with van der Waals surface area (Å²) in [4.78, 5) is 17.7. The van der Waals surface area contributed by atoms with Crippen molar-refractivity contribution in [3.63, 3.8) is 0 Å². The number of carbonyl (C=O) groups is 1. The second kappa shape index (κ2) is 7.44. The molecule has 1 N–H and O–H groups in total. The van der Waals surface area contributed by atoms with Crippen molar-refractivity contribution in [2.75, 3.05) is 5.32 Å². The second-order valence-corrected chi connectivity index (χ2v) is 7.08. The number of nitrogens with one attached hydrogen (secondary N) is 1. The van der Waals surface area contributed by atoms with Crippen LogP contribution in [0.3, 0.4) is 0 Å². The smallest absolute Gasteiger partial charge is 0.256 e. The molecule has 6 heteroatoms. The van der Waals surface area contributed by atoms with Crippen LogP contribution in [0.1, 0.15) is 27.3 Å². The first-order valence-corrected chi connectivity index (χ1v) is 9.35. The fourth-order valence-corrected chi connectivity index (χ4v) is 3.46. The zero-order valence-electron chi connectivity index (χ0n) is 15.6. The summed E-state index contributed by atoms with van der Waals surface area (Å²) in [6.45, 7) is 4.36. The maximum atomic E-state index is 13.0. The van der Waals surface area contributed by atoms with E-state index >= 15 is 0 Å². The second-order valence-electron chi connectivity index (χ2n) is 6.67. The minimum atomic E-state index is -0.231. The minimum Gasteiger partial charge on any atom is -0.321 e. The van der Waals surface area contributed by atoms with Crippen molar-refractivity contribution in [3.05, 3.63) is 88.2 Å². The molecular weight excluding hydrogens is 372 g/mol. The molecular formula is C22H19ClN4O. The van der Waals surface area contributed by atoms with Gasteiger partial charge in [-0.2, -0.15) is 5.10 Å². The van der Waals surface area contributed by atoms with Crippen molar-refractivity contribution in [2.45, 2.75) is 20.4 Å². The van der Waals surface area contributed by atoms with E-state index in [0.717, 1.165) is 22.3 Å². The quantitative estimate of drug-likeness (QED) is 0.533. The topological polar surface area (TPSA) is 59.8 Å². The molecule has 140 valence electrons. The summed E-state index contributed by atoms with van der Waals surface area (Å²) in [5.41, 5.74) is 4.46. The average molecular weight is 391 g/mol. The average Bonchev–Trinajstić information content (AvgIpc) is 2.99. The number of amides is 1. The van der Waals surface area contributed by atoms with Gasteiger partial charge in [0.2, 0.25) is 0 Å². The first-order chi connectivity index (χ1) is 13.5. The number of para-hydroxylation sites is 1. The van der Waals surface area contributed by atoms with Gasteiger partial charge in [0.1, 0.15) is 0 Å². The summed E-state index contributed by atoms with van der Waals surface area (Å²) in [6.07, 6.45) is 0. The van der Waals surface area contributed by atoms with Gasteiger partial charge in [-0.1, -0.05) is 54.1 Å². The van der Waals surface area contributed by atoms with E-state index in [1.165, 1.54) is 0 Å². The number of hydrogen-bond acceptors (Lipinski definition) is 3. The molecule has 1 amide bonds. The fourth-order valence-electron chi connectivity index (χ4n) is 3.28. The highest BCUT2D eigenvalue weighted by Gasteiger charge is 2.19. The number of aromatic nitrogens is 3. The highest BCUT2D eigenvalue weighted by molar-refractivity contribution is 6.34. The number of nitrogens with zero attached hydrogens (tertiary/aromatic N) is 3. The SMILES string of the molecule is Cc1cc(C(=O)Nc2ccccc2Cl)c2c(C)nn(Cc3ccccc3)c2n1. The van der Waals surface area contributed by atoms with Gasteiger partial charge in [-0.3, -0.25) is 4.79 Å². The Hall–Kier alpha value is -3.18. The van der Waals surface area contributed by atoms with E-state index in [0.29, 0.717) is 28.5 Å². The third-order valence-electron chi connectivity index (χ3n) is 4.55. The molecule has 0 aliphatic carbocycles. The van der Waals surface area contributed by atoms with E-state index in [1.54, 1.807) is 18.2 Å². The molecule has 2 aromatic heterocycles. The number of fused-ring (bicyclic) bond motifs is 1. The van der Waals surface area contributed by atoms with E-state index in [-0.39, 0.29) is 5.91 Å². The van der Waals surface area contributed by atoms with Crippen LogP contribution in [0.15, 0.2) is 60.7 Å². The molecule has 2 aromatic carbocycles. The molecule has 2 heterocycles. The van der Waals surface area contributed by atoms with Crippen LogP contribution >= 0.6 is 11.6 Å². The zero-order valence-corrected chi connectivity index (χ0v) is 16.4. The van der Waals surface area contributed by atoms with Crippen LogP contribution in [0, 0.1) is 13.8 Å². The molecule has 0 unspecified atom stereocenters. The summed E-state index contributed by atoms with van der Waals surface area (Å²) in [7, 11) is 0. The van der Waals surface area contributed by atoms with Crippen molar-refractivity contribution in [1.82, 2.24) is 14.8 Å². The van der Waals surface area contributed by atoms with Gasteiger partial charge in [0, 0.05) is 5.69 Å². The van der Waals surface area contributed by atoms with E-state index in [4.69, 9.17) is 11.6 Å². The predicted octanol–water partition coefficient (Wildman–Crippen LogP) is 5.00. The molecule has 0 radical (unpaired) electrons. The Balaban J connectivity index is 1.77. The molecule has 0 bridgehead atoms. The molecule has 0 saturated carbocycles. The van der Waals surface area contributed by atoms with Crippen molar-refractivity contribution in [1.29, 1.82) is 0 Å². The predicted molar refractivity (Wildman–Crippen MR) is 112 cm³/mol. The zero-order chi connectivity index (χ0) is 19.7. The summed E-state index contributed by atoms with van der Waals surface area (Å²) in [5.74, 6) is -0.231. The van der Waals surface area contributed by atoms with Gasteiger partial charge < -0.3 is 5.32 Å². The van der Waals surface area contributed by atoms with Crippen molar-refractivity contribution in [2.24, 2.45) is 0 Å². The van der Waals surface area contributed by atoms with E-state index in [1.807, 2.05) is 61.0 Å². The minimum absolute atomic E-state index is 0.231. The van der Waals surface area contributed by atoms with Gasteiger partial charge in [-0.25, -0.2) is 9.67 Å². The molecule has 0 atom stereocenters. The maximum absolute atomic E-state index is 13.0. The summed E-state index contributed by atoms with van der Waals surface area (Å²) < 4.78 is 1.85. The molecule has 4 aromatic rings. The van der Waals surface area contributed by atoms with Gasteiger partial charge in [0.05, 0.1) is 33.9 Å². The third kappa shape index (κ3) is 3.49. The highest BCUT2D eigenvalue weighted by Crippen LogP contribution is 2.26. The van der Waals surface area contributed by atoms with Crippen LogP contribution in [0.5, 0.6) is 0 Å². The fraction of sp³-hybridized carbons (Fsp3) is 0.136. The Morgan fingerprint density at radius 3 is 2.54 bits per heavy atom. The number of aryl methyl sites for hydroxylation is 2. The summed E-state index contributed by atoms with van der Waals surface area (Å²) in [6, 6.07) is 19.0. The molecule has 0 aliphatic rings. The van der Waals surface area contributed by atoms with Crippen LogP contribution in [0.4, 0.5) is 5.69 Å². The molecule has 0 fully saturated rings. The molecule has 28 heavy (non-hydrogen) atoms. The normalized spacial score (nSPS) is 11.0. The Bertz CT molecular complexity index is 1170. The summed E-state index contributed by atoms with van der Waals surface area (Å²) in [5, 5.41) is 8.79. The number of anilines is 1. The van der Waals surface area contributed by atoms with Crippen LogP contribution in [0.25, 0.3) is 11.0 Å². The molecule has 4 rings (SSSR count). The van der Waals surface area contributed by atoms with Gasteiger partial charge in [0.25, 0.3) is 5.91 Å². The van der Waals surface area contributed by atoms with Gasteiger partial charge >= 0.3 is 0 Å². The molecule has 0 saturated heterocycles. The lowest BCUT2D eigenvalue weighted by Crippen LogP contribution is -2.14. The number of halogens is 1. The van der Waals surface area contributed by atoms with Crippen LogP contribution in [-0.2, 0) is 6.54 Å². The molecule has 5 nitrogen and oxygen atoms in total. The Morgan fingerprint density at radius 2 is 1.79 bits per heavy atom. The van der Waals surface area contributed by atoms with E-state index in [2.05, 4.69) is 15.4 Å². The third-order valence-corrected chi connectivity index (χ3v) is 4.88. The highest BCUT2D eigenvalue weighted by atomic mass is 35.5. The standard InChI is InChI=1S/C22H19ClN4O/c1-14-12-17(22(28)25-19-11-7-6-10-18(19)23)20-15(2)26-27(21(20)24-14)13-16-8-4-3-5-9-16/h3-12H,13H2,1-2H3,(H,25,28). The lowest BCUT2D eigenvalue weighted by atomic mass is 10.1. The van der Waals surface area contributed by atoms with Crippen molar-refractivity contribution in [3.8, 4) is 0 Å². The number of hydrogen-bond donors (Lipinski definition) is 1. The van der Waals surface area contributed by atoms with Crippen molar-refractivity contribution >= 4 is 34.2 Å². The van der Waals surface area contributed by atoms with Crippen LogP contribution in [-0.4, -0.2) is 20.7 Å². The number of benzene rings is 2. The Labute approximate surface area is 168 Å². The van der Waals surface area contributed by atoms with Gasteiger partial charge in [-0.05, 0) is 37.6 Å². The Morgan fingerprint density at radius 1 is 1.07 bits per heavy atom. The number of pyridine rings is 1. The van der Waals surface area contributed by atoms with E-state index < -0.39 is 0 Å². The van der Waals surface area contributed by atoms with E-state index in [9.17, 15) is 4.79 Å². The van der Waals surface area contributed by atoms with Crippen LogP contribution < -0.4 is 5.32 Å². The molecule has 0 aliphatic heterocycles. The largest absolute Gasteiger partial charge is 0.321 e. The van der Waals surface area contributed by atoms with Crippen molar-refractivity contribution < 1.29 is 4.79 Å². The van der Waals surface area contributed by atoms with Gasteiger partial charge in [0.15, 0.2) is 5.65 Å². The molecule has 0 spiro atoms.